The van der Waals surface area contributed by atoms with Gasteiger partial charge in [0, 0.05) is 5.56 Å². The van der Waals surface area contributed by atoms with Crippen LogP contribution in [0, 0.1) is 5.82 Å². The number of hydrogen-bond acceptors (Lipinski definition) is 3. The van der Waals surface area contributed by atoms with Crippen molar-refractivity contribution in [3.05, 3.63) is 42.2 Å². The summed E-state index contributed by atoms with van der Waals surface area (Å²) in [5, 5.41) is 0. The van der Waals surface area contributed by atoms with Gasteiger partial charge in [0.05, 0.1) is 12.2 Å². The van der Waals surface area contributed by atoms with Crippen LogP contribution in [-0.4, -0.2) is 4.98 Å². The number of oxazole rings is 1. The topological polar surface area (TPSA) is 52.0 Å². The molecule has 4 heteroatoms. The van der Waals surface area contributed by atoms with Gasteiger partial charge in [0.25, 0.3) is 0 Å². The third kappa shape index (κ3) is 2.05. The van der Waals surface area contributed by atoms with Crippen molar-refractivity contribution in [3.63, 3.8) is 0 Å². The lowest BCUT2D eigenvalue weighted by Crippen LogP contribution is -2.04. The number of benzene rings is 1. The van der Waals surface area contributed by atoms with Crippen LogP contribution in [0.3, 0.4) is 0 Å². The molecule has 1 atom stereocenters. The van der Waals surface area contributed by atoms with Gasteiger partial charge in [-0.15, -0.1) is 0 Å². The first kappa shape index (κ1) is 9.86. The van der Waals surface area contributed by atoms with E-state index in [0.29, 0.717) is 17.2 Å². The Morgan fingerprint density at radius 1 is 1.47 bits per heavy atom. The van der Waals surface area contributed by atoms with Gasteiger partial charge in [0.2, 0.25) is 5.89 Å². The first-order valence-corrected chi connectivity index (χ1v) is 4.64. The summed E-state index contributed by atoms with van der Waals surface area (Å²) in [6.45, 7) is 1.78. The predicted molar refractivity (Wildman–Crippen MR) is 54.5 cm³/mol. The van der Waals surface area contributed by atoms with E-state index in [1.54, 1.807) is 25.3 Å². The molecule has 0 radical (unpaired) electrons. The molecule has 1 unspecified atom stereocenters. The highest BCUT2D eigenvalue weighted by molar-refractivity contribution is 5.56. The van der Waals surface area contributed by atoms with Crippen molar-refractivity contribution in [2.75, 3.05) is 0 Å². The molecular formula is C11H11FN2O. The Morgan fingerprint density at radius 2 is 2.27 bits per heavy atom. The predicted octanol–water partition coefficient (Wildman–Crippen LogP) is 2.50. The number of hydrogen-bond donors (Lipinski definition) is 1. The molecule has 0 saturated heterocycles. The molecule has 2 N–H and O–H groups in total. The summed E-state index contributed by atoms with van der Waals surface area (Å²) in [4.78, 5) is 4.01. The number of halogens is 1. The third-order valence-corrected chi connectivity index (χ3v) is 2.02. The van der Waals surface area contributed by atoms with Gasteiger partial charge >= 0.3 is 0 Å². The minimum atomic E-state index is -0.300. The van der Waals surface area contributed by atoms with Crippen molar-refractivity contribution in [2.24, 2.45) is 5.73 Å². The van der Waals surface area contributed by atoms with E-state index in [-0.39, 0.29) is 11.9 Å². The van der Waals surface area contributed by atoms with Crippen LogP contribution in [0.25, 0.3) is 11.3 Å². The van der Waals surface area contributed by atoms with Crippen LogP contribution in [0.5, 0.6) is 0 Å². The summed E-state index contributed by atoms with van der Waals surface area (Å²) >= 11 is 0. The van der Waals surface area contributed by atoms with Crippen LogP contribution in [-0.2, 0) is 0 Å². The van der Waals surface area contributed by atoms with Crippen molar-refractivity contribution in [1.29, 1.82) is 0 Å². The van der Waals surface area contributed by atoms with Crippen molar-refractivity contribution in [3.8, 4) is 11.3 Å². The molecule has 2 aromatic rings. The molecule has 0 aliphatic heterocycles. The Hall–Kier alpha value is -1.68. The van der Waals surface area contributed by atoms with Gasteiger partial charge in [0.1, 0.15) is 5.82 Å². The van der Waals surface area contributed by atoms with E-state index in [1.807, 2.05) is 0 Å². The fourth-order valence-electron chi connectivity index (χ4n) is 1.27. The molecule has 0 aliphatic carbocycles. The van der Waals surface area contributed by atoms with Gasteiger partial charge in [-0.05, 0) is 19.1 Å². The van der Waals surface area contributed by atoms with E-state index in [9.17, 15) is 4.39 Å². The number of rotatable bonds is 2. The molecule has 0 bridgehead atoms. The number of nitrogens with zero attached hydrogens (tertiary/aromatic N) is 1. The van der Waals surface area contributed by atoms with E-state index < -0.39 is 0 Å². The quantitative estimate of drug-likeness (QED) is 0.821. The Kier molecular flexibility index (Phi) is 2.51. The second kappa shape index (κ2) is 3.82. The summed E-state index contributed by atoms with van der Waals surface area (Å²) in [6.07, 6.45) is 1.55. The number of nitrogens with two attached hydrogens (primary N) is 1. The summed E-state index contributed by atoms with van der Waals surface area (Å²) < 4.78 is 18.3. The van der Waals surface area contributed by atoms with Crippen molar-refractivity contribution in [2.45, 2.75) is 13.0 Å². The fraction of sp³-hybridized carbons (Fsp3) is 0.182. The van der Waals surface area contributed by atoms with Crippen LogP contribution < -0.4 is 5.73 Å². The molecule has 1 aromatic heterocycles. The second-order valence-corrected chi connectivity index (χ2v) is 3.36. The van der Waals surface area contributed by atoms with Gasteiger partial charge in [-0.3, -0.25) is 0 Å². The van der Waals surface area contributed by atoms with Crippen LogP contribution in [0.2, 0.25) is 0 Å². The first-order valence-electron chi connectivity index (χ1n) is 4.64. The van der Waals surface area contributed by atoms with E-state index >= 15 is 0 Å². The zero-order chi connectivity index (χ0) is 10.8. The molecule has 0 fully saturated rings. The van der Waals surface area contributed by atoms with E-state index in [2.05, 4.69) is 4.98 Å². The Morgan fingerprint density at radius 3 is 2.87 bits per heavy atom. The van der Waals surface area contributed by atoms with Gasteiger partial charge < -0.3 is 10.2 Å². The SMILES string of the molecule is CC(N)c1ncc(-c2cccc(F)c2)o1. The van der Waals surface area contributed by atoms with E-state index in [0.717, 1.165) is 0 Å². The van der Waals surface area contributed by atoms with Gasteiger partial charge in [-0.2, -0.15) is 0 Å². The highest BCUT2D eigenvalue weighted by Crippen LogP contribution is 2.22. The van der Waals surface area contributed by atoms with Gasteiger partial charge in [0.15, 0.2) is 5.76 Å². The van der Waals surface area contributed by atoms with Gasteiger partial charge in [-0.25, -0.2) is 9.37 Å². The maximum Gasteiger partial charge on any atom is 0.211 e. The van der Waals surface area contributed by atoms with Crippen molar-refractivity contribution < 1.29 is 8.81 Å². The zero-order valence-electron chi connectivity index (χ0n) is 8.27. The fourth-order valence-corrected chi connectivity index (χ4v) is 1.27. The maximum atomic E-state index is 12.9. The minimum absolute atomic E-state index is 0.257. The lowest BCUT2D eigenvalue weighted by atomic mass is 10.2. The Balaban J connectivity index is 2.37. The van der Waals surface area contributed by atoms with Crippen LogP contribution in [0.15, 0.2) is 34.9 Å². The average molecular weight is 206 g/mol. The molecule has 1 aromatic carbocycles. The lowest BCUT2D eigenvalue weighted by Gasteiger charge is -1.98. The first-order chi connectivity index (χ1) is 7.16. The zero-order valence-corrected chi connectivity index (χ0v) is 8.27. The third-order valence-electron chi connectivity index (χ3n) is 2.02. The van der Waals surface area contributed by atoms with E-state index in [1.165, 1.54) is 12.1 Å². The van der Waals surface area contributed by atoms with Crippen molar-refractivity contribution in [1.82, 2.24) is 4.98 Å². The highest BCUT2D eigenvalue weighted by atomic mass is 19.1. The molecule has 0 saturated carbocycles. The molecule has 2 rings (SSSR count). The van der Waals surface area contributed by atoms with Crippen LogP contribution in [0.4, 0.5) is 4.39 Å². The average Bonchev–Trinajstić information content (AvgIpc) is 2.66. The minimum Gasteiger partial charge on any atom is -0.439 e. The second-order valence-electron chi connectivity index (χ2n) is 3.36. The molecule has 78 valence electrons. The Bertz CT molecular complexity index is 465. The molecule has 0 amide bonds. The molecule has 1 heterocycles. The molecule has 15 heavy (non-hydrogen) atoms. The normalized spacial score (nSPS) is 12.7. The smallest absolute Gasteiger partial charge is 0.211 e. The molecule has 0 aliphatic rings. The molecule has 0 spiro atoms. The number of aromatic nitrogens is 1. The molecular weight excluding hydrogens is 195 g/mol. The van der Waals surface area contributed by atoms with Crippen LogP contribution >= 0.6 is 0 Å². The standard InChI is InChI=1S/C11H11FN2O/c1-7(13)11-14-6-10(15-11)8-3-2-4-9(12)5-8/h2-7H,13H2,1H3. The summed E-state index contributed by atoms with van der Waals surface area (Å²) in [6, 6.07) is 5.90. The highest BCUT2D eigenvalue weighted by Gasteiger charge is 2.09. The van der Waals surface area contributed by atoms with Gasteiger partial charge in [-0.1, -0.05) is 12.1 Å². The Labute approximate surface area is 86.7 Å². The maximum absolute atomic E-state index is 12.9. The van der Waals surface area contributed by atoms with Crippen LogP contribution in [0.1, 0.15) is 18.9 Å². The summed E-state index contributed by atoms with van der Waals surface area (Å²) in [5.74, 6) is 0.683. The van der Waals surface area contributed by atoms with Crippen molar-refractivity contribution >= 4 is 0 Å². The summed E-state index contributed by atoms with van der Waals surface area (Å²) in [7, 11) is 0. The largest absolute Gasteiger partial charge is 0.439 e. The molecule has 3 nitrogen and oxygen atoms in total. The van der Waals surface area contributed by atoms with E-state index in [4.69, 9.17) is 10.2 Å². The summed E-state index contributed by atoms with van der Waals surface area (Å²) in [5.41, 5.74) is 6.27. The monoisotopic (exact) mass is 206 g/mol. The lowest BCUT2D eigenvalue weighted by molar-refractivity contribution is 0.473.